The van der Waals surface area contributed by atoms with Crippen molar-refractivity contribution in [1.82, 2.24) is 0 Å². The molecule has 0 heterocycles. The molecule has 1 rings (SSSR count). The summed E-state index contributed by atoms with van der Waals surface area (Å²) >= 11 is 0. The van der Waals surface area contributed by atoms with E-state index >= 15 is 0 Å². The molecule has 2 nitrogen and oxygen atoms in total. The third-order valence-corrected chi connectivity index (χ3v) is 3.39. The van der Waals surface area contributed by atoms with E-state index in [0.29, 0.717) is 5.92 Å². The molecule has 1 N–H and O–H groups in total. The Kier molecular flexibility index (Phi) is 6.81. The van der Waals surface area contributed by atoms with Gasteiger partial charge in [-0.1, -0.05) is 32.0 Å². The molecule has 0 aromatic heterocycles. The summed E-state index contributed by atoms with van der Waals surface area (Å²) in [4.78, 5) is 1.51. The van der Waals surface area contributed by atoms with Gasteiger partial charge in [-0.3, -0.25) is 0 Å². The fourth-order valence-corrected chi connectivity index (χ4v) is 2.00. The maximum atomic E-state index is 5.93. The van der Waals surface area contributed by atoms with Gasteiger partial charge in [0.15, 0.2) is 0 Å². The zero-order chi connectivity index (χ0) is 13.4. The first-order valence-corrected chi connectivity index (χ1v) is 7.16. The second-order valence-electron chi connectivity index (χ2n) is 5.36. The van der Waals surface area contributed by atoms with Gasteiger partial charge >= 0.3 is 0 Å². The monoisotopic (exact) mass is 250 g/mol. The Balaban J connectivity index is 2.42. The standard InChI is InChI=1S/C16H27NO/c1-5-14(2)15-10-6-7-11-16(15)18-13-9-8-12-17(3)4/h6-7,10-11,14H,5,8-9,12-13H2,1-4H3/p+1/t14-/m1/s1. The van der Waals surface area contributed by atoms with Crippen molar-refractivity contribution in [2.45, 2.75) is 39.0 Å². The second-order valence-corrected chi connectivity index (χ2v) is 5.36. The van der Waals surface area contributed by atoms with E-state index in [4.69, 9.17) is 4.74 Å². The molecule has 0 saturated carbocycles. The van der Waals surface area contributed by atoms with Crippen LogP contribution in [-0.4, -0.2) is 27.2 Å². The van der Waals surface area contributed by atoms with Crippen molar-refractivity contribution in [2.24, 2.45) is 0 Å². The lowest BCUT2D eigenvalue weighted by Crippen LogP contribution is -3.05. The summed E-state index contributed by atoms with van der Waals surface area (Å²) in [6, 6.07) is 8.45. The van der Waals surface area contributed by atoms with Gasteiger partial charge in [0.2, 0.25) is 0 Å². The van der Waals surface area contributed by atoms with Crippen molar-refractivity contribution in [3.8, 4) is 5.75 Å². The highest BCUT2D eigenvalue weighted by atomic mass is 16.5. The van der Waals surface area contributed by atoms with Gasteiger partial charge in [0.25, 0.3) is 0 Å². The third kappa shape index (κ3) is 5.09. The Morgan fingerprint density at radius 3 is 2.56 bits per heavy atom. The summed E-state index contributed by atoms with van der Waals surface area (Å²) in [6.07, 6.45) is 3.53. The van der Waals surface area contributed by atoms with Crippen LogP contribution in [0, 0.1) is 0 Å². The minimum Gasteiger partial charge on any atom is -0.493 e. The number of rotatable bonds is 8. The topological polar surface area (TPSA) is 13.7 Å². The Morgan fingerprint density at radius 1 is 1.17 bits per heavy atom. The first-order valence-electron chi connectivity index (χ1n) is 7.16. The number of ether oxygens (including phenoxy) is 1. The molecule has 0 saturated heterocycles. The number of quaternary nitrogens is 1. The maximum absolute atomic E-state index is 5.93. The first-order chi connectivity index (χ1) is 8.65. The van der Waals surface area contributed by atoms with Crippen molar-refractivity contribution in [2.75, 3.05) is 27.2 Å². The number of benzene rings is 1. The Morgan fingerprint density at radius 2 is 1.89 bits per heavy atom. The number of nitrogens with one attached hydrogen (secondary N) is 1. The van der Waals surface area contributed by atoms with Crippen LogP contribution >= 0.6 is 0 Å². The molecule has 0 aliphatic rings. The van der Waals surface area contributed by atoms with Gasteiger partial charge in [0.1, 0.15) is 5.75 Å². The maximum Gasteiger partial charge on any atom is 0.122 e. The highest BCUT2D eigenvalue weighted by molar-refractivity contribution is 5.35. The molecule has 0 bridgehead atoms. The molecular formula is C16H28NO+. The molecule has 0 aliphatic carbocycles. The molecule has 18 heavy (non-hydrogen) atoms. The SMILES string of the molecule is CC[C@@H](C)c1ccccc1OCCCC[NH+](C)C. The van der Waals surface area contributed by atoms with Crippen LogP contribution in [0.15, 0.2) is 24.3 Å². The molecule has 0 spiro atoms. The Labute approximate surface area is 112 Å². The van der Waals surface area contributed by atoms with E-state index in [1.807, 2.05) is 0 Å². The van der Waals surface area contributed by atoms with E-state index in [0.717, 1.165) is 25.2 Å². The number of para-hydroxylation sites is 1. The average Bonchev–Trinajstić information content (AvgIpc) is 2.37. The molecule has 0 fully saturated rings. The molecule has 0 aliphatic heterocycles. The molecule has 0 unspecified atom stereocenters. The van der Waals surface area contributed by atoms with Crippen LogP contribution in [0.1, 0.15) is 44.6 Å². The Hall–Kier alpha value is -1.02. The van der Waals surface area contributed by atoms with Gasteiger partial charge in [-0.25, -0.2) is 0 Å². The predicted molar refractivity (Wildman–Crippen MR) is 77.6 cm³/mol. The molecular weight excluding hydrogens is 222 g/mol. The van der Waals surface area contributed by atoms with Gasteiger partial charge in [-0.15, -0.1) is 0 Å². The lowest BCUT2D eigenvalue weighted by Gasteiger charge is -2.15. The Bertz CT molecular complexity index is 336. The predicted octanol–water partition coefficient (Wildman–Crippen LogP) is 2.50. The van der Waals surface area contributed by atoms with Crippen LogP contribution in [0.2, 0.25) is 0 Å². The van der Waals surface area contributed by atoms with E-state index in [1.54, 1.807) is 0 Å². The van der Waals surface area contributed by atoms with Crippen molar-refractivity contribution in [3.63, 3.8) is 0 Å². The van der Waals surface area contributed by atoms with Crippen molar-refractivity contribution in [3.05, 3.63) is 29.8 Å². The van der Waals surface area contributed by atoms with Crippen LogP contribution in [0.3, 0.4) is 0 Å². The lowest BCUT2D eigenvalue weighted by atomic mass is 9.98. The van der Waals surface area contributed by atoms with Gasteiger partial charge in [0, 0.05) is 0 Å². The van der Waals surface area contributed by atoms with Gasteiger partial charge in [-0.05, 0) is 36.8 Å². The van der Waals surface area contributed by atoms with Gasteiger partial charge in [-0.2, -0.15) is 0 Å². The fourth-order valence-electron chi connectivity index (χ4n) is 2.00. The summed E-state index contributed by atoms with van der Waals surface area (Å²) in [7, 11) is 4.39. The molecule has 0 amide bonds. The highest BCUT2D eigenvalue weighted by Gasteiger charge is 2.09. The van der Waals surface area contributed by atoms with Crippen molar-refractivity contribution >= 4 is 0 Å². The van der Waals surface area contributed by atoms with Crippen molar-refractivity contribution < 1.29 is 9.64 Å². The van der Waals surface area contributed by atoms with Crippen LogP contribution in [-0.2, 0) is 0 Å². The van der Waals surface area contributed by atoms with Gasteiger partial charge in [0.05, 0.1) is 27.2 Å². The molecule has 0 radical (unpaired) electrons. The number of hydrogen-bond donors (Lipinski definition) is 1. The largest absolute Gasteiger partial charge is 0.493 e. The molecule has 1 aromatic rings. The average molecular weight is 250 g/mol. The third-order valence-electron chi connectivity index (χ3n) is 3.39. The summed E-state index contributed by atoms with van der Waals surface area (Å²) in [5.74, 6) is 1.65. The second kappa shape index (κ2) is 8.15. The van der Waals surface area contributed by atoms with Crippen LogP contribution < -0.4 is 9.64 Å². The van der Waals surface area contributed by atoms with Crippen LogP contribution in [0.4, 0.5) is 0 Å². The smallest absolute Gasteiger partial charge is 0.122 e. The van der Waals surface area contributed by atoms with Crippen LogP contribution in [0.25, 0.3) is 0 Å². The normalized spacial score (nSPS) is 12.7. The van der Waals surface area contributed by atoms with E-state index in [9.17, 15) is 0 Å². The summed E-state index contributed by atoms with van der Waals surface area (Å²) < 4.78 is 5.93. The van der Waals surface area contributed by atoms with Gasteiger partial charge < -0.3 is 9.64 Å². The minimum atomic E-state index is 0.576. The highest BCUT2D eigenvalue weighted by Crippen LogP contribution is 2.28. The molecule has 2 heteroatoms. The van der Waals surface area contributed by atoms with E-state index in [1.165, 1.54) is 23.4 Å². The minimum absolute atomic E-state index is 0.576. The van der Waals surface area contributed by atoms with E-state index in [2.05, 4.69) is 52.2 Å². The first kappa shape index (κ1) is 15.0. The zero-order valence-electron chi connectivity index (χ0n) is 12.3. The summed E-state index contributed by atoms with van der Waals surface area (Å²) in [6.45, 7) is 6.54. The van der Waals surface area contributed by atoms with Crippen LogP contribution in [0.5, 0.6) is 5.75 Å². The lowest BCUT2D eigenvalue weighted by molar-refractivity contribution is -0.858. The molecule has 102 valence electrons. The fraction of sp³-hybridized carbons (Fsp3) is 0.625. The van der Waals surface area contributed by atoms with E-state index < -0.39 is 0 Å². The molecule has 1 aromatic carbocycles. The quantitative estimate of drug-likeness (QED) is 0.700. The summed E-state index contributed by atoms with van der Waals surface area (Å²) in [5.41, 5.74) is 1.35. The zero-order valence-corrected chi connectivity index (χ0v) is 12.3. The van der Waals surface area contributed by atoms with E-state index in [-0.39, 0.29) is 0 Å². The molecule has 1 atom stereocenters. The number of hydrogen-bond acceptors (Lipinski definition) is 1. The number of unbranched alkanes of at least 4 members (excludes halogenated alkanes) is 1. The van der Waals surface area contributed by atoms with Crippen molar-refractivity contribution in [1.29, 1.82) is 0 Å². The summed E-state index contributed by atoms with van der Waals surface area (Å²) in [5, 5.41) is 0.